The zero-order valence-corrected chi connectivity index (χ0v) is 20.0. The van der Waals surface area contributed by atoms with Gasteiger partial charge < -0.3 is 29.9 Å². The zero-order valence-electron chi connectivity index (χ0n) is 20.0. The number of rotatable bonds is 7. The normalized spacial score (nSPS) is 33.3. The maximum atomic E-state index is 10.6. The third kappa shape index (κ3) is 5.37. The van der Waals surface area contributed by atoms with Crippen LogP contribution in [0, 0.1) is 12.8 Å². The summed E-state index contributed by atoms with van der Waals surface area (Å²) in [5.74, 6) is 1.93. The van der Waals surface area contributed by atoms with Gasteiger partial charge in [0.05, 0.1) is 6.61 Å². The van der Waals surface area contributed by atoms with Gasteiger partial charge in [-0.15, -0.1) is 0 Å². The average molecular weight is 449 g/mol. The van der Waals surface area contributed by atoms with E-state index >= 15 is 0 Å². The Kier molecular flexibility index (Phi) is 8.39. The van der Waals surface area contributed by atoms with Crippen LogP contribution in [-0.4, -0.2) is 57.7 Å². The van der Waals surface area contributed by atoms with Crippen molar-refractivity contribution in [3.8, 4) is 5.75 Å². The minimum absolute atomic E-state index is 0.298. The minimum Gasteiger partial charge on any atom is -0.484 e. The molecule has 1 aromatic carbocycles. The van der Waals surface area contributed by atoms with Gasteiger partial charge in [-0.1, -0.05) is 31.6 Å². The molecule has 2 aliphatic rings. The lowest BCUT2D eigenvalue weighted by Crippen LogP contribution is -2.60. The van der Waals surface area contributed by atoms with Crippen LogP contribution in [0.1, 0.15) is 81.9 Å². The summed E-state index contributed by atoms with van der Waals surface area (Å²) in [6.45, 7) is 10.4. The van der Waals surface area contributed by atoms with Crippen molar-refractivity contribution in [2.24, 2.45) is 5.92 Å². The highest BCUT2D eigenvalue weighted by molar-refractivity contribution is 5.49. The molecule has 8 atom stereocenters. The molecule has 1 aliphatic carbocycles. The van der Waals surface area contributed by atoms with Crippen molar-refractivity contribution in [2.75, 3.05) is 6.61 Å². The second-order valence-corrected chi connectivity index (χ2v) is 10.00. The van der Waals surface area contributed by atoms with Gasteiger partial charge in [-0.3, -0.25) is 0 Å². The zero-order chi connectivity index (χ0) is 23.6. The summed E-state index contributed by atoms with van der Waals surface area (Å²) < 4.78 is 11.6. The van der Waals surface area contributed by atoms with Crippen molar-refractivity contribution < 1.29 is 29.9 Å². The first-order valence-electron chi connectivity index (χ1n) is 11.9. The molecule has 0 aromatic heterocycles. The lowest BCUT2D eigenvalue weighted by molar-refractivity contribution is -0.282. The number of fused-ring (bicyclic) bond motifs is 1. The summed E-state index contributed by atoms with van der Waals surface area (Å²) in [6, 6.07) is 4.22. The van der Waals surface area contributed by atoms with E-state index in [1.165, 1.54) is 11.1 Å². The highest BCUT2D eigenvalue weighted by atomic mass is 16.7. The number of benzene rings is 1. The Bertz CT molecular complexity index is 800. The summed E-state index contributed by atoms with van der Waals surface area (Å²) in [4.78, 5) is 0. The molecule has 1 saturated heterocycles. The van der Waals surface area contributed by atoms with Gasteiger partial charge in [-0.25, -0.2) is 0 Å². The summed E-state index contributed by atoms with van der Waals surface area (Å²) in [5, 5.41) is 40.2. The first-order valence-corrected chi connectivity index (χ1v) is 11.9. The van der Waals surface area contributed by atoms with Crippen molar-refractivity contribution in [1.29, 1.82) is 0 Å². The van der Waals surface area contributed by atoms with Gasteiger partial charge in [-0.05, 0) is 81.4 Å². The topological polar surface area (TPSA) is 99.4 Å². The fraction of sp³-hybridized carbons (Fsp3) is 0.692. The molecule has 0 saturated carbocycles. The molecule has 0 bridgehead atoms. The van der Waals surface area contributed by atoms with Crippen molar-refractivity contribution in [3.05, 3.63) is 40.5 Å². The maximum Gasteiger partial charge on any atom is 0.184 e. The summed E-state index contributed by atoms with van der Waals surface area (Å²) >= 11 is 0. The van der Waals surface area contributed by atoms with Crippen molar-refractivity contribution >= 4 is 0 Å². The fourth-order valence-electron chi connectivity index (χ4n) is 5.24. The van der Waals surface area contributed by atoms with E-state index in [0.717, 1.165) is 36.8 Å². The van der Waals surface area contributed by atoms with E-state index in [1.807, 2.05) is 13.0 Å². The summed E-state index contributed by atoms with van der Waals surface area (Å²) in [7, 11) is 0. The molecule has 6 nitrogen and oxygen atoms in total. The van der Waals surface area contributed by atoms with Crippen LogP contribution in [-0.2, 0) is 4.74 Å². The van der Waals surface area contributed by atoms with E-state index in [9.17, 15) is 20.4 Å². The standard InChI is InChI=1S/C26H40O6/c1-14(2)7-6-8-16(4)18-10-9-17(5)22-19(18)11-15(3)12-20(22)31-25-21(13-27)32-26(30)24(29)23(25)28/h7,11-12,16-18,21,23-30H,6,8-10,13H2,1-5H3/t16-,17+,18?,21?,23?,24?,25?,26?/m0/s1. The van der Waals surface area contributed by atoms with Gasteiger partial charge in [0.1, 0.15) is 24.1 Å². The molecule has 1 aromatic rings. The molecule has 0 radical (unpaired) electrons. The first kappa shape index (κ1) is 25.2. The predicted molar refractivity (Wildman–Crippen MR) is 124 cm³/mol. The van der Waals surface area contributed by atoms with Gasteiger partial charge in [-0.2, -0.15) is 0 Å². The number of hydrogen-bond donors (Lipinski definition) is 4. The third-order valence-corrected chi connectivity index (χ3v) is 7.09. The van der Waals surface area contributed by atoms with E-state index < -0.39 is 37.3 Å². The van der Waals surface area contributed by atoms with E-state index in [-0.39, 0.29) is 0 Å². The molecule has 3 rings (SSSR count). The van der Waals surface area contributed by atoms with Crippen LogP contribution >= 0.6 is 0 Å². The quantitative estimate of drug-likeness (QED) is 0.476. The van der Waals surface area contributed by atoms with Gasteiger partial charge >= 0.3 is 0 Å². The third-order valence-electron chi connectivity index (χ3n) is 7.09. The molecular formula is C26H40O6. The Labute approximate surface area is 191 Å². The van der Waals surface area contributed by atoms with Crippen LogP contribution in [0.4, 0.5) is 0 Å². The SMILES string of the molecule is CC(C)=CCC[C@H](C)C1CC[C@@H](C)c2c(OC3C(CO)OC(O)C(O)C3O)cc(C)cc21. The molecule has 6 heteroatoms. The van der Waals surface area contributed by atoms with E-state index in [4.69, 9.17) is 9.47 Å². The number of aliphatic hydroxyl groups is 4. The minimum atomic E-state index is -1.56. The second kappa shape index (κ2) is 10.7. The molecule has 32 heavy (non-hydrogen) atoms. The molecule has 0 spiro atoms. The lowest BCUT2D eigenvalue weighted by atomic mass is 9.71. The van der Waals surface area contributed by atoms with Crippen LogP contribution in [0.3, 0.4) is 0 Å². The van der Waals surface area contributed by atoms with Crippen LogP contribution < -0.4 is 4.74 Å². The Hall–Kier alpha value is -1.44. The largest absolute Gasteiger partial charge is 0.484 e. The molecular weight excluding hydrogens is 408 g/mol. The van der Waals surface area contributed by atoms with Crippen LogP contribution in [0.15, 0.2) is 23.8 Å². The van der Waals surface area contributed by atoms with Crippen molar-refractivity contribution in [2.45, 2.75) is 103 Å². The number of aryl methyl sites for hydroxylation is 1. The summed E-state index contributed by atoms with van der Waals surface area (Å²) in [5.41, 5.74) is 4.86. The lowest BCUT2D eigenvalue weighted by Gasteiger charge is -2.41. The van der Waals surface area contributed by atoms with Gasteiger partial charge in [0, 0.05) is 5.56 Å². The van der Waals surface area contributed by atoms with Gasteiger partial charge in [0.2, 0.25) is 0 Å². The smallest absolute Gasteiger partial charge is 0.184 e. The monoisotopic (exact) mass is 448 g/mol. The molecule has 180 valence electrons. The van der Waals surface area contributed by atoms with Gasteiger partial charge in [0.25, 0.3) is 0 Å². The Balaban J connectivity index is 1.92. The first-order chi connectivity index (χ1) is 15.1. The summed E-state index contributed by atoms with van der Waals surface area (Å²) in [6.07, 6.45) is 0.345. The average Bonchev–Trinajstić information content (AvgIpc) is 2.73. The van der Waals surface area contributed by atoms with E-state index in [1.54, 1.807) is 0 Å². The number of aliphatic hydroxyl groups excluding tert-OH is 4. The Morgan fingerprint density at radius 3 is 2.56 bits per heavy atom. The molecule has 0 amide bonds. The van der Waals surface area contributed by atoms with E-state index in [0.29, 0.717) is 23.5 Å². The highest BCUT2D eigenvalue weighted by Gasteiger charge is 2.45. The number of ether oxygens (including phenoxy) is 2. The Morgan fingerprint density at radius 2 is 1.91 bits per heavy atom. The van der Waals surface area contributed by atoms with Crippen LogP contribution in [0.2, 0.25) is 0 Å². The van der Waals surface area contributed by atoms with Crippen LogP contribution in [0.5, 0.6) is 5.75 Å². The molecule has 4 N–H and O–H groups in total. The second-order valence-electron chi connectivity index (χ2n) is 10.00. The Morgan fingerprint density at radius 1 is 1.19 bits per heavy atom. The van der Waals surface area contributed by atoms with Crippen molar-refractivity contribution in [3.63, 3.8) is 0 Å². The van der Waals surface area contributed by atoms with Crippen LogP contribution in [0.25, 0.3) is 0 Å². The predicted octanol–water partition coefficient (Wildman–Crippen LogP) is 3.54. The number of allylic oxidation sites excluding steroid dienone is 2. The van der Waals surface area contributed by atoms with Gasteiger partial charge in [0.15, 0.2) is 12.4 Å². The molecule has 1 fully saturated rings. The fourth-order valence-corrected chi connectivity index (χ4v) is 5.24. The maximum absolute atomic E-state index is 10.6. The molecule has 6 unspecified atom stereocenters. The highest BCUT2D eigenvalue weighted by Crippen LogP contribution is 2.48. The van der Waals surface area contributed by atoms with E-state index in [2.05, 4.69) is 39.8 Å². The molecule has 1 heterocycles. The van der Waals surface area contributed by atoms with Crippen molar-refractivity contribution in [1.82, 2.24) is 0 Å². The number of hydrogen-bond acceptors (Lipinski definition) is 6. The molecule has 1 aliphatic heterocycles.